The number of ether oxygens (including phenoxy) is 2. The summed E-state index contributed by atoms with van der Waals surface area (Å²) < 4.78 is 11.5. The van der Waals surface area contributed by atoms with Crippen molar-refractivity contribution in [2.75, 3.05) is 37.7 Å². The van der Waals surface area contributed by atoms with E-state index in [4.69, 9.17) is 9.47 Å². The van der Waals surface area contributed by atoms with Crippen molar-refractivity contribution in [3.05, 3.63) is 54.1 Å². The van der Waals surface area contributed by atoms with Crippen molar-refractivity contribution in [1.29, 1.82) is 0 Å². The number of para-hydroxylation sites is 2. The molecule has 5 rings (SSSR count). The van der Waals surface area contributed by atoms with E-state index in [1.165, 1.54) is 4.90 Å². The van der Waals surface area contributed by atoms with Crippen molar-refractivity contribution in [2.45, 2.75) is 38.3 Å². The number of anilines is 1. The number of carbonyl (C=O) groups is 3. The normalized spacial score (nSPS) is 23.0. The molecular weight excluding hydrogens is 434 g/mol. The molecule has 3 amide bonds. The summed E-state index contributed by atoms with van der Waals surface area (Å²) in [4.78, 5) is 43.9. The molecular formula is C26H29N3O5. The van der Waals surface area contributed by atoms with Gasteiger partial charge in [-0.2, -0.15) is 0 Å². The van der Waals surface area contributed by atoms with Crippen LogP contribution in [0.3, 0.4) is 0 Å². The maximum absolute atomic E-state index is 13.2. The molecule has 3 heterocycles. The number of imide groups is 1. The van der Waals surface area contributed by atoms with Crippen LogP contribution in [-0.2, 0) is 14.4 Å². The molecule has 2 fully saturated rings. The van der Waals surface area contributed by atoms with Gasteiger partial charge in [0, 0.05) is 26.2 Å². The third kappa shape index (κ3) is 4.14. The average Bonchev–Trinajstić information content (AvgIpc) is 3.17. The van der Waals surface area contributed by atoms with Crippen molar-refractivity contribution in [1.82, 2.24) is 9.80 Å². The molecule has 0 saturated carbocycles. The molecule has 8 heteroatoms. The molecule has 0 aliphatic carbocycles. The highest BCUT2D eigenvalue weighted by Crippen LogP contribution is 2.32. The Balaban J connectivity index is 1.19. The van der Waals surface area contributed by atoms with Crippen LogP contribution in [0.1, 0.15) is 31.7 Å². The third-order valence-corrected chi connectivity index (χ3v) is 6.79. The number of amides is 3. The van der Waals surface area contributed by atoms with Gasteiger partial charge in [-0.3, -0.25) is 19.3 Å². The second kappa shape index (κ2) is 9.10. The van der Waals surface area contributed by atoms with Gasteiger partial charge in [0.25, 0.3) is 11.8 Å². The molecule has 2 aromatic rings. The lowest BCUT2D eigenvalue weighted by atomic mass is 10.0. The van der Waals surface area contributed by atoms with Crippen LogP contribution < -0.4 is 14.4 Å². The van der Waals surface area contributed by atoms with E-state index in [-0.39, 0.29) is 30.7 Å². The second-order valence-electron chi connectivity index (χ2n) is 9.26. The van der Waals surface area contributed by atoms with Gasteiger partial charge in [0.15, 0.2) is 11.5 Å². The molecule has 0 radical (unpaired) electrons. The van der Waals surface area contributed by atoms with E-state index in [1.807, 2.05) is 47.4 Å². The molecule has 3 aliphatic heterocycles. The number of hydrogen-bond donors (Lipinski definition) is 0. The molecule has 2 aromatic carbocycles. The Bertz CT molecular complexity index is 1090. The van der Waals surface area contributed by atoms with Gasteiger partial charge in [-0.05, 0) is 35.7 Å². The van der Waals surface area contributed by atoms with E-state index >= 15 is 0 Å². The maximum atomic E-state index is 13.2. The lowest BCUT2D eigenvalue weighted by Crippen LogP contribution is -2.57. The zero-order chi connectivity index (χ0) is 23.8. The number of benzene rings is 2. The summed E-state index contributed by atoms with van der Waals surface area (Å²) in [6.07, 6.45) is -0.518. The fraction of sp³-hybridized carbons (Fsp3) is 0.423. The molecule has 2 atom stereocenters. The summed E-state index contributed by atoms with van der Waals surface area (Å²) >= 11 is 0. The first-order valence-electron chi connectivity index (χ1n) is 11.8. The van der Waals surface area contributed by atoms with Gasteiger partial charge in [0.05, 0.1) is 18.2 Å². The number of rotatable bonds is 4. The van der Waals surface area contributed by atoms with E-state index in [0.29, 0.717) is 49.3 Å². The fourth-order valence-corrected chi connectivity index (χ4v) is 4.78. The largest absolute Gasteiger partial charge is 0.485 e. The first kappa shape index (κ1) is 22.4. The summed E-state index contributed by atoms with van der Waals surface area (Å²) in [7, 11) is 0. The highest BCUT2D eigenvalue weighted by Gasteiger charge is 2.44. The minimum Gasteiger partial charge on any atom is -0.485 e. The monoisotopic (exact) mass is 463 g/mol. The van der Waals surface area contributed by atoms with Crippen molar-refractivity contribution >= 4 is 23.4 Å². The second-order valence-corrected chi connectivity index (χ2v) is 9.26. The standard InChI is InChI=1S/C26H29N3O5/c1-17(2)18-7-9-19(10-8-18)29-24(30)15-20(25(29)31)27-11-13-28(14-12-27)26(32)23-16-33-21-5-3-4-6-22(21)34-23/h3-10,17,20,23H,11-16H2,1-2H3/t20-,23+/m0/s1. The van der Waals surface area contributed by atoms with E-state index in [2.05, 4.69) is 13.8 Å². The Morgan fingerprint density at radius 2 is 1.62 bits per heavy atom. The molecule has 34 heavy (non-hydrogen) atoms. The van der Waals surface area contributed by atoms with Crippen LogP contribution in [0.25, 0.3) is 0 Å². The van der Waals surface area contributed by atoms with Gasteiger partial charge in [-0.25, -0.2) is 4.90 Å². The molecule has 0 unspecified atom stereocenters. The van der Waals surface area contributed by atoms with Crippen molar-refractivity contribution in [2.24, 2.45) is 0 Å². The first-order chi connectivity index (χ1) is 16.4. The summed E-state index contributed by atoms with van der Waals surface area (Å²) in [6, 6.07) is 14.4. The Morgan fingerprint density at radius 3 is 2.29 bits per heavy atom. The van der Waals surface area contributed by atoms with Crippen LogP contribution in [0.15, 0.2) is 48.5 Å². The van der Waals surface area contributed by atoms with Gasteiger partial charge < -0.3 is 14.4 Å². The van der Waals surface area contributed by atoms with E-state index in [0.717, 1.165) is 5.56 Å². The zero-order valence-corrected chi connectivity index (χ0v) is 19.5. The van der Waals surface area contributed by atoms with Crippen LogP contribution in [0.5, 0.6) is 11.5 Å². The maximum Gasteiger partial charge on any atom is 0.267 e. The summed E-state index contributed by atoms with van der Waals surface area (Å²) in [5.41, 5.74) is 1.78. The molecule has 0 N–H and O–H groups in total. The summed E-state index contributed by atoms with van der Waals surface area (Å²) in [5, 5.41) is 0. The number of piperazine rings is 1. The SMILES string of the molecule is CC(C)c1ccc(N2C(=O)C[C@H](N3CCN(C(=O)[C@H]4COc5ccccc5O4)CC3)C2=O)cc1. The van der Waals surface area contributed by atoms with E-state index in [1.54, 1.807) is 11.0 Å². The van der Waals surface area contributed by atoms with Crippen molar-refractivity contribution in [3.8, 4) is 11.5 Å². The van der Waals surface area contributed by atoms with E-state index in [9.17, 15) is 14.4 Å². The topological polar surface area (TPSA) is 79.4 Å². The fourth-order valence-electron chi connectivity index (χ4n) is 4.78. The van der Waals surface area contributed by atoms with Crippen LogP contribution in [0.4, 0.5) is 5.69 Å². The molecule has 0 bridgehead atoms. The molecule has 0 spiro atoms. The van der Waals surface area contributed by atoms with Crippen LogP contribution >= 0.6 is 0 Å². The van der Waals surface area contributed by atoms with Crippen LogP contribution in [0, 0.1) is 0 Å². The van der Waals surface area contributed by atoms with Crippen molar-refractivity contribution in [3.63, 3.8) is 0 Å². The molecule has 2 saturated heterocycles. The Hall–Kier alpha value is -3.39. The first-order valence-corrected chi connectivity index (χ1v) is 11.8. The lowest BCUT2D eigenvalue weighted by molar-refractivity contribution is -0.143. The predicted octanol–water partition coefficient (Wildman–Crippen LogP) is 2.43. The molecule has 0 aromatic heterocycles. The summed E-state index contributed by atoms with van der Waals surface area (Å²) in [6.45, 7) is 6.39. The van der Waals surface area contributed by atoms with Gasteiger partial charge in [0.1, 0.15) is 6.61 Å². The Morgan fingerprint density at radius 1 is 0.941 bits per heavy atom. The predicted molar refractivity (Wildman–Crippen MR) is 126 cm³/mol. The zero-order valence-electron chi connectivity index (χ0n) is 19.5. The quantitative estimate of drug-likeness (QED) is 0.648. The minimum atomic E-state index is -0.680. The minimum absolute atomic E-state index is 0.116. The highest BCUT2D eigenvalue weighted by molar-refractivity contribution is 6.22. The average molecular weight is 464 g/mol. The highest BCUT2D eigenvalue weighted by atomic mass is 16.6. The lowest BCUT2D eigenvalue weighted by Gasteiger charge is -2.38. The number of hydrogen-bond acceptors (Lipinski definition) is 6. The van der Waals surface area contributed by atoms with Crippen LogP contribution in [0.2, 0.25) is 0 Å². The molecule has 3 aliphatic rings. The van der Waals surface area contributed by atoms with E-state index < -0.39 is 12.1 Å². The molecule has 8 nitrogen and oxygen atoms in total. The number of nitrogens with zero attached hydrogens (tertiary/aromatic N) is 3. The van der Waals surface area contributed by atoms with Gasteiger partial charge in [-0.15, -0.1) is 0 Å². The Labute approximate surface area is 199 Å². The van der Waals surface area contributed by atoms with Crippen molar-refractivity contribution < 1.29 is 23.9 Å². The van der Waals surface area contributed by atoms with Gasteiger partial charge >= 0.3 is 0 Å². The number of fused-ring (bicyclic) bond motifs is 1. The number of carbonyl (C=O) groups excluding carboxylic acids is 3. The van der Waals surface area contributed by atoms with Gasteiger partial charge in [-0.1, -0.05) is 38.1 Å². The van der Waals surface area contributed by atoms with Crippen LogP contribution in [-0.4, -0.2) is 72.5 Å². The summed E-state index contributed by atoms with van der Waals surface area (Å²) in [5.74, 6) is 1.10. The van der Waals surface area contributed by atoms with Gasteiger partial charge in [0.2, 0.25) is 12.0 Å². The third-order valence-electron chi connectivity index (χ3n) is 6.79. The Kier molecular flexibility index (Phi) is 6.00. The molecule has 178 valence electrons. The smallest absolute Gasteiger partial charge is 0.267 e.